The van der Waals surface area contributed by atoms with E-state index in [2.05, 4.69) is 11.1 Å². The number of rotatable bonds is 2. The molecule has 0 fully saturated rings. The summed E-state index contributed by atoms with van der Waals surface area (Å²) in [5.41, 5.74) is 2.08. The number of nitrogens with zero attached hydrogens (tertiary/aromatic N) is 1. The maximum Gasteiger partial charge on any atom is 0.117 e. The van der Waals surface area contributed by atoms with Crippen molar-refractivity contribution in [1.82, 2.24) is 4.98 Å². The fourth-order valence-corrected chi connectivity index (χ4v) is 2.58. The highest BCUT2D eigenvalue weighted by molar-refractivity contribution is 7.19. The Morgan fingerprint density at radius 1 is 0.944 bits per heavy atom. The molecule has 18 heavy (non-hydrogen) atoms. The molecule has 0 unspecified atom stereocenters. The highest BCUT2D eigenvalue weighted by atomic mass is 32.1. The van der Waals surface area contributed by atoms with Crippen LogP contribution >= 0.6 is 11.3 Å². The Kier molecular flexibility index (Phi) is 2.82. The predicted octanol–water partition coefficient (Wildman–Crippen LogP) is 4.17. The standard InChI is InChI=1S/C15H11NOS/c17-12-8-5-11(6-9-12)7-10-15-16-13-3-1-2-4-14(13)18-15/h1-10,17H/b10-7+. The van der Waals surface area contributed by atoms with Crippen molar-refractivity contribution >= 4 is 33.7 Å². The topological polar surface area (TPSA) is 33.1 Å². The van der Waals surface area contributed by atoms with E-state index in [9.17, 15) is 5.11 Å². The number of hydrogen-bond donors (Lipinski definition) is 1. The summed E-state index contributed by atoms with van der Waals surface area (Å²) >= 11 is 1.67. The van der Waals surface area contributed by atoms with Crippen LogP contribution in [0.5, 0.6) is 5.75 Å². The van der Waals surface area contributed by atoms with Gasteiger partial charge in [0, 0.05) is 0 Å². The van der Waals surface area contributed by atoms with Gasteiger partial charge >= 0.3 is 0 Å². The SMILES string of the molecule is Oc1ccc(/C=C/c2nc3ccccc3s2)cc1. The molecule has 0 bridgehead atoms. The van der Waals surface area contributed by atoms with Crippen LogP contribution in [0.25, 0.3) is 22.4 Å². The number of aromatic hydroxyl groups is 1. The van der Waals surface area contributed by atoms with Crippen LogP contribution in [0.15, 0.2) is 48.5 Å². The van der Waals surface area contributed by atoms with Gasteiger partial charge in [-0.1, -0.05) is 30.3 Å². The van der Waals surface area contributed by atoms with Crippen LogP contribution in [0.1, 0.15) is 10.6 Å². The van der Waals surface area contributed by atoms with Gasteiger partial charge in [0.2, 0.25) is 0 Å². The van der Waals surface area contributed by atoms with Crippen LogP contribution in [0, 0.1) is 0 Å². The smallest absolute Gasteiger partial charge is 0.117 e. The molecule has 3 heteroatoms. The first-order chi connectivity index (χ1) is 8.81. The molecule has 3 aromatic rings. The van der Waals surface area contributed by atoms with Crippen molar-refractivity contribution in [3.8, 4) is 5.75 Å². The molecule has 0 aliphatic carbocycles. The van der Waals surface area contributed by atoms with Gasteiger partial charge in [-0.2, -0.15) is 0 Å². The van der Waals surface area contributed by atoms with Gasteiger partial charge in [0.05, 0.1) is 10.2 Å². The maximum absolute atomic E-state index is 9.20. The minimum absolute atomic E-state index is 0.284. The third-order valence-corrected chi connectivity index (χ3v) is 3.62. The summed E-state index contributed by atoms with van der Waals surface area (Å²) in [5, 5.41) is 10.2. The molecule has 0 saturated heterocycles. The Morgan fingerprint density at radius 3 is 2.50 bits per heavy atom. The van der Waals surface area contributed by atoms with Crippen LogP contribution in [0.2, 0.25) is 0 Å². The number of fused-ring (bicyclic) bond motifs is 1. The van der Waals surface area contributed by atoms with Gasteiger partial charge in [-0.05, 0) is 35.9 Å². The summed E-state index contributed by atoms with van der Waals surface area (Å²) in [7, 11) is 0. The summed E-state index contributed by atoms with van der Waals surface area (Å²) in [6.07, 6.45) is 3.99. The van der Waals surface area contributed by atoms with E-state index in [-0.39, 0.29) is 5.75 Å². The Hall–Kier alpha value is -2.13. The normalized spacial score (nSPS) is 11.3. The fraction of sp³-hybridized carbons (Fsp3) is 0. The second-order valence-corrected chi connectivity index (χ2v) is 5.01. The summed E-state index contributed by atoms with van der Waals surface area (Å²) in [6.45, 7) is 0. The first kappa shape index (κ1) is 11.0. The number of para-hydroxylation sites is 1. The molecule has 0 amide bonds. The van der Waals surface area contributed by atoms with Gasteiger partial charge in [0.25, 0.3) is 0 Å². The van der Waals surface area contributed by atoms with E-state index in [0.29, 0.717) is 0 Å². The molecular formula is C15H11NOS. The third kappa shape index (κ3) is 2.26. The molecule has 1 heterocycles. The highest BCUT2D eigenvalue weighted by Crippen LogP contribution is 2.23. The molecule has 2 nitrogen and oxygen atoms in total. The zero-order valence-corrected chi connectivity index (χ0v) is 10.4. The van der Waals surface area contributed by atoms with Gasteiger partial charge in [-0.15, -0.1) is 11.3 Å². The summed E-state index contributed by atoms with van der Waals surface area (Å²) < 4.78 is 1.20. The maximum atomic E-state index is 9.20. The zero-order valence-electron chi connectivity index (χ0n) is 9.58. The van der Waals surface area contributed by atoms with Crippen molar-refractivity contribution in [2.75, 3.05) is 0 Å². The van der Waals surface area contributed by atoms with E-state index in [1.165, 1.54) is 4.70 Å². The number of hydrogen-bond acceptors (Lipinski definition) is 3. The van der Waals surface area contributed by atoms with Crippen molar-refractivity contribution in [1.29, 1.82) is 0 Å². The summed E-state index contributed by atoms with van der Waals surface area (Å²) in [6, 6.07) is 15.2. The van der Waals surface area contributed by atoms with Gasteiger partial charge < -0.3 is 5.11 Å². The predicted molar refractivity (Wildman–Crippen MR) is 76.7 cm³/mol. The van der Waals surface area contributed by atoms with Crippen LogP contribution in [0.3, 0.4) is 0 Å². The molecule has 0 saturated carbocycles. The van der Waals surface area contributed by atoms with Crippen molar-refractivity contribution in [2.45, 2.75) is 0 Å². The lowest BCUT2D eigenvalue weighted by Crippen LogP contribution is -1.71. The molecule has 0 aliphatic heterocycles. The summed E-state index contributed by atoms with van der Waals surface area (Å²) in [5.74, 6) is 0.284. The zero-order chi connectivity index (χ0) is 12.4. The Bertz CT molecular complexity index is 665. The van der Waals surface area contributed by atoms with E-state index in [1.807, 2.05) is 42.5 Å². The second-order valence-electron chi connectivity index (χ2n) is 3.94. The minimum atomic E-state index is 0.284. The molecule has 2 aromatic carbocycles. The van der Waals surface area contributed by atoms with E-state index in [0.717, 1.165) is 16.1 Å². The van der Waals surface area contributed by atoms with Crippen molar-refractivity contribution in [2.24, 2.45) is 0 Å². The minimum Gasteiger partial charge on any atom is -0.508 e. The molecule has 1 aromatic heterocycles. The first-order valence-corrected chi connectivity index (χ1v) is 6.45. The molecule has 0 radical (unpaired) electrons. The van der Waals surface area contributed by atoms with E-state index < -0.39 is 0 Å². The van der Waals surface area contributed by atoms with Crippen LogP contribution in [0.4, 0.5) is 0 Å². The number of phenols is 1. The lowest BCUT2D eigenvalue weighted by molar-refractivity contribution is 0.475. The number of phenolic OH excluding ortho intramolecular Hbond substituents is 1. The quantitative estimate of drug-likeness (QED) is 0.743. The van der Waals surface area contributed by atoms with E-state index >= 15 is 0 Å². The number of thiazole rings is 1. The van der Waals surface area contributed by atoms with Gasteiger partial charge in [-0.25, -0.2) is 4.98 Å². The van der Waals surface area contributed by atoms with Crippen molar-refractivity contribution in [3.05, 3.63) is 59.1 Å². The number of benzene rings is 2. The molecular weight excluding hydrogens is 242 g/mol. The Morgan fingerprint density at radius 2 is 1.72 bits per heavy atom. The van der Waals surface area contributed by atoms with Crippen LogP contribution in [-0.2, 0) is 0 Å². The molecule has 0 atom stereocenters. The Labute approximate surface area is 109 Å². The average molecular weight is 253 g/mol. The van der Waals surface area contributed by atoms with Crippen LogP contribution in [-0.4, -0.2) is 10.1 Å². The van der Waals surface area contributed by atoms with Gasteiger partial charge in [-0.3, -0.25) is 0 Å². The first-order valence-electron chi connectivity index (χ1n) is 5.64. The fourth-order valence-electron chi connectivity index (χ4n) is 1.71. The molecule has 3 rings (SSSR count). The summed E-state index contributed by atoms with van der Waals surface area (Å²) in [4.78, 5) is 4.53. The lowest BCUT2D eigenvalue weighted by atomic mass is 10.2. The second kappa shape index (κ2) is 4.63. The average Bonchev–Trinajstić information content (AvgIpc) is 2.81. The molecule has 0 spiro atoms. The molecule has 88 valence electrons. The van der Waals surface area contributed by atoms with Crippen LogP contribution < -0.4 is 0 Å². The van der Waals surface area contributed by atoms with Gasteiger partial charge in [0.1, 0.15) is 10.8 Å². The number of aromatic nitrogens is 1. The monoisotopic (exact) mass is 253 g/mol. The van der Waals surface area contributed by atoms with E-state index in [4.69, 9.17) is 0 Å². The Balaban J connectivity index is 1.89. The largest absolute Gasteiger partial charge is 0.508 e. The van der Waals surface area contributed by atoms with Gasteiger partial charge in [0.15, 0.2) is 0 Å². The highest BCUT2D eigenvalue weighted by Gasteiger charge is 1.99. The third-order valence-electron chi connectivity index (χ3n) is 2.62. The molecule has 0 aliphatic rings. The lowest BCUT2D eigenvalue weighted by Gasteiger charge is -1.92. The van der Waals surface area contributed by atoms with Crippen molar-refractivity contribution in [3.63, 3.8) is 0 Å². The molecule has 1 N–H and O–H groups in total. The van der Waals surface area contributed by atoms with Crippen molar-refractivity contribution < 1.29 is 5.11 Å². The van der Waals surface area contributed by atoms with E-state index in [1.54, 1.807) is 23.5 Å².